The third-order valence-corrected chi connectivity index (χ3v) is 3.54. The molecule has 4 nitrogen and oxygen atoms in total. The number of rotatable bonds is 5. The van der Waals surface area contributed by atoms with Gasteiger partial charge < -0.3 is 14.5 Å². The van der Waals surface area contributed by atoms with Crippen molar-refractivity contribution in [1.82, 2.24) is 5.32 Å². The van der Waals surface area contributed by atoms with Crippen molar-refractivity contribution in [3.8, 4) is 0 Å². The Hall–Kier alpha value is -1.29. The van der Waals surface area contributed by atoms with Crippen LogP contribution in [-0.4, -0.2) is 19.6 Å². The average molecular weight is 237 g/mol. The molecule has 94 valence electrons. The first-order valence-corrected chi connectivity index (χ1v) is 5.90. The lowest BCUT2D eigenvalue weighted by Crippen LogP contribution is -2.19. The fourth-order valence-electron chi connectivity index (χ4n) is 2.05. The lowest BCUT2D eigenvalue weighted by molar-refractivity contribution is 0.0563. The second-order valence-electron chi connectivity index (χ2n) is 5.29. The van der Waals surface area contributed by atoms with Gasteiger partial charge in [-0.15, -0.1) is 0 Å². The van der Waals surface area contributed by atoms with Gasteiger partial charge in [0.15, 0.2) is 0 Å². The maximum absolute atomic E-state index is 11.4. The molecular formula is C13H19NO3. The Morgan fingerprint density at radius 1 is 1.65 bits per heavy atom. The normalized spacial score (nSPS) is 21.2. The van der Waals surface area contributed by atoms with Crippen molar-refractivity contribution in [3.05, 3.63) is 23.7 Å². The van der Waals surface area contributed by atoms with Crippen LogP contribution >= 0.6 is 0 Å². The lowest BCUT2D eigenvalue weighted by atomic mass is 10.1. The van der Waals surface area contributed by atoms with Crippen LogP contribution in [0.1, 0.15) is 36.4 Å². The molecule has 0 spiro atoms. The first kappa shape index (κ1) is 12.2. The fourth-order valence-corrected chi connectivity index (χ4v) is 2.05. The predicted octanol–water partition coefficient (Wildman–Crippen LogP) is 2.20. The first-order valence-electron chi connectivity index (χ1n) is 5.90. The van der Waals surface area contributed by atoms with Crippen molar-refractivity contribution in [2.24, 2.45) is 11.3 Å². The Bertz CT molecular complexity index is 409. The third-order valence-electron chi connectivity index (χ3n) is 3.54. The number of hydrogen-bond donors (Lipinski definition) is 1. The van der Waals surface area contributed by atoms with Crippen LogP contribution in [0.15, 0.2) is 16.7 Å². The average Bonchev–Trinajstić information content (AvgIpc) is 2.73. The largest absolute Gasteiger partial charge is 0.463 e. The van der Waals surface area contributed by atoms with E-state index < -0.39 is 5.97 Å². The highest BCUT2D eigenvalue weighted by Gasteiger charge is 2.44. The molecule has 4 heteroatoms. The standard InChI is InChI=1S/C13H19NO3/c1-13(2)6-10(13)8-14-7-9-4-5-17-11(9)12(15)16-3/h4-5,10,14H,6-8H2,1-3H3. The molecule has 1 aromatic rings. The highest BCUT2D eigenvalue weighted by Crippen LogP contribution is 2.50. The van der Waals surface area contributed by atoms with E-state index in [4.69, 9.17) is 4.42 Å². The highest BCUT2D eigenvalue weighted by molar-refractivity contribution is 5.87. The number of furan rings is 1. The molecule has 0 aromatic carbocycles. The van der Waals surface area contributed by atoms with Gasteiger partial charge in [-0.25, -0.2) is 4.79 Å². The van der Waals surface area contributed by atoms with Gasteiger partial charge in [0.2, 0.25) is 5.76 Å². The van der Waals surface area contributed by atoms with Gasteiger partial charge in [-0.3, -0.25) is 0 Å². The minimum atomic E-state index is -0.418. The zero-order valence-corrected chi connectivity index (χ0v) is 10.6. The summed E-state index contributed by atoms with van der Waals surface area (Å²) < 4.78 is 9.76. The minimum Gasteiger partial charge on any atom is -0.463 e. The Labute approximate surface area is 101 Å². The summed E-state index contributed by atoms with van der Waals surface area (Å²) in [5.74, 6) is 0.629. The van der Waals surface area contributed by atoms with E-state index in [2.05, 4.69) is 23.9 Å². The summed E-state index contributed by atoms with van der Waals surface area (Å²) in [6, 6.07) is 1.80. The van der Waals surface area contributed by atoms with Gasteiger partial charge in [0.25, 0.3) is 0 Å². The van der Waals surface area contributed by atoms with Gasteiger partial charge in [0, 0.05) is 12.1 Å². The van der Waals surface area contributed by atoms with Crippen molar-refractivity contribution in [2.75, 3.05) is 13.7 Å². The molecule has 1 aromatic heterocycles. The number of hydrogen-bond acceptors (Lipinski definition) is 4. The zero-order chi connectivity index (χ0) is 12.5. The number of carbonyl (C=O) groups is 1. The van der Waals surface area contributed by atoms with Crippen molar-refractivity contribution < 1.29 is 13.9 Å². The second-order valence-corrected chi connectivity index (χ2v) is 5.29. The molecule has 1 heterocycles. The van der Waals surface area contributed by atoms with Crippen molar-refractivity contribution >= 4 is 5.97 Å². The summed E-state index contributed by atoms with van der Waals surface area (Å²) in [5, 5.41) is 3.36. The van der Waals surface area contributed by atoms with Crippen molar-refractivity contribution in [2.45, 2.75) is 26.8 Å². The molecule has 0 saturated heterocycles. The van der Waals surface area contributed by atoms with Gasteiger partial charge in [0.1, 0.15) is 0 Å². The number of methoxy groups -OCH3 is 1. The summed E-state index contributed by atoms with van der Waals surface area (Å²) in [6.45, 7) is 6.18. The highest BCUT2D eigenvalue weighted by atomic mass is 16.5. The monoisotopic (exact) mass is 237 g/mol. The molecule has 1 unspecified atom stereocenters. The van der Waals surface area contributed by atoms with E-state index in [0.717, 1.165) is 18.0 Å². The van der Waals surface area contributed by atoms with Crippen LogP contribution in [0.4, 0.5) is 0 Å². The van der Waals surface area contributed by atoms with Crippen LogP contribution in [0.25, 0.3) is 0 Å². The van der Waals surface area contributed by atoms with Crippen molar-refractivity contribution in [1.29, 1.82) is 0 Å². The summed E-state index contributed by atoms with van der Waals surface area (Å²) in [7, 11) is 1.36. The molecule has 0 radical (unpaired) electrons. The number of nitrogens with one attached hydrogen (secondary N) is 1. The minimum absolute atomic E-state index is 0.301. The maximum atomic E-state index is 11.4. The van der Waals surface area contributed by atoms with E-state index in [1.54, 1.807) is 6.07 Å². The topological polar surface area (TPSA) is 51.5 Å². The van der Waals surface area contributed by atoms with Gasteiger partial charge in [-0.05, 0) is 30.4 Å². The molecule has 1 atom stereocenters. The predicted molar refractivity (Wildman–Crippen MR) is 63.6 cm³/mol. The molecule has 0 aliphatic heterocycles. The third kappa shape index (κ3) is 2.69. The Morgan fingerprint density at radius 3 is 2.94 bits per heavy atom. The first-order chi connectivity index (χ1) is 8.04. The molecule has 17 heavy (non-hydrogen) atoms. The number of carbonyl (C=O) groups excluding carboxylic acids is 1. The molecule has 1 fully saturated rings. The molecule has 1 aliphatic carbocycles. The smallest absolute Gasteiger partial charge is 0.374 e. The summed E-state index contributed by atoms with van der Waals surface area (Å²) in [6.07, 6.45) is 2.79. The second kappa shape index (κ2) is 4.53. The fraction of sp³-hybridized carbons (Fsp3) is 0.615. The van der Waals surface area contributed by atoms with Crippen LogP contribution in [0.5, 0.6) is 0 Å². The van der Waals surface area contributed by atoms with Gasteiger partial charge in [-0.2, -0.15) is 0 Å². The molecule has 2 rings (SSSR count). The van der Waals surface area contributed by atoms with E-state index in [0.29, 0.717) is 17.7 Å². The molecular weight excluding hydrogens is 218 g/mol. The van der Waals surface area contributed by atoms with Gasteiger partial charge in [-0.1, -0.05) is 13.8 Å². The van der Waals surface area contributed by atoms with Gasteiger partial charge in [0.05, 0.1) is 13.4 Å². The van der Waals surface area contributed by atoms with Gasteiger partial charge >= 0.3 is 5.97 Å². The SMILES string of the molecule is COC(=O)c1occc1CNCC1CC1(C)C. The van der Waals surface area contributed by atoms with Crippen LogP contribution in [0.2, 0.25) is 0 Å². The van der Waals surface area contributed by atoms with E-state index in [1.165, 1.54) is 19.8 Å². The van der Waals surface area contributed by atoms with Crippen LogP contribution in [-0.2, 0) is 11.3 Å². The summed E-state index contributed by atoms with van der Waals surface area (Å²) in [4.78, 5) is 11.4. The summed E-state index contributed by atoms with van der Waals surface area (Å²) in [5.41, 5.74) is 1.34. The van der Waals surface area contributed by atoms with E-state index >= 15 is 0 Å². The Morgan fingerprint density at radius 2 is 2.35 bits per heavy atom. The van der Waals surface area contributed by atoms with Crippen molar-refractivity contribution in [3.63, 3.8) is 0 Å². The molecule has 1 aliphatic rings. The quantitative estimate of drug-likeness (QED) is 0.798. The number of ether oxygens (including phenoxy) is 1. The molecule has 1 N–H and O–H groups in total. The van der Waals surface area contributed by atoms with E-state index in [9.17, 15) is 4.79 Å². The van der Waals surface area contributed by atoms with Crippen LogP contribution < -0.4 is 5.32 Å². The molecule has 1 saturated carbocycles. The summed E-state index contributed by atoms with van der Waals surface area (Å²) >= 11 is 0. The number of esters is 1. The Kier molecular flexibility index (Phi) is 3.24. The lowest BCUT2D eigenvalue weighted by Gasteiger charge is -2.06. The molecule has 0 bridgehead atoms. The van der Waals surface area contributed by atoms with E-state index in [-0.39, 0.29) is 0 Å². The zero-order valence-electron chi connectivity index (χ0n) is 10.6. The van der Waals surface area contributed by atoms with E-state index in [1.807, 2.05) is 0 Å². The molecule has 0 amide bonds. The Balaban J connectivity index is 1.83. The van der Waals surface area contributed by atoms with Crippen LogP contribution in [0.3, 0.4) is 0 Å². The maximum Gasteiger partial charge on any atom is 0.374 e. The van der Waals surface area contributed by atoms with Crippen LogP contribution in [0, 0.1) is 11.3 Å².